The van der Waals surface area contributed by atoms with Crippen LogP contribution in [0.15, 0.2) is 42.5 Å². The van der Waals surface area contributed by atoms with Gasteiger partial charge in [-0.2, -0.15) is 0 Å². The van der Waals surface area contributed by atoms with Crippen molar-refractivity contribution in [2.24, 2.45) is 0 Å². The Labute approximate surface area is 99.4 Å². The minimum absolute atomic E-state index is 0.0951. The average Bonchev–Trinajstić information content (AvgIpc) is 2.73. The van der Waals surface area contributed by atoms with E-state index in [4.69, 9.17) is 0 Å². The van der Waals surface area contributed by atoms with E-state index in [1.165, 1.54) is 5.56 Å². The smallest absolute Gasteiger partial charge is 0.115 e. The molecular weight excluding hydrogens is 214 g/mol. The molecule has 1 atom stereocenters. The minimum Gasteiger partial charge on any atom is -0.508 e. The quantitative estimate of drug-likeness (QED) is 0.700. The fraction of sp³-hybridized carbons (Fsp3) is 0.143. The highest BCUT2D eigenvalue weighted by atomic mass is 16.3. The van der Waals surface area contributed by atoms with Crippen molar-refractivity contribution in [3.05, 3.63) is 59.2 Å². The summed E-state index contributed by atoms with van der Waals surface area (Å²) in [5, 5.41) is 22.2. The number of benzene rings is 2. The second kappa shape index (κ2) is 3.79. The van der Waals surface area contributed by atoms with E-state index >= 15 is 0 Å². The second-order valence-corrected chi connectivity index (χ2v) is 4.29. The Kier molecular flexibility index (Phi) is 2.27. The predicted octanol–water partition coefficient (Wildman–Crippen LogP) is 2.29. The molecule has 0 saturated carbocycles. The number of hydrogen-bond acceptors (Lipinski definition) is 3. The van der Waals surface area contributed by atoms with Crippen molar-refractivity contribution in [3.8, 4) is 11.5 Å². The summed E-state index contributed by atoms with van der Waals surface area (Å²) in [5.74, 6) is 0.555. The van der Waals surface area contributed by atoms with Crippen molar-refractivity contribution < 1.29 is 10.2 Å². The molecule has 0 spiro atoms. The Balaban J connectivity index is 2.03. The molecule has 1 aliphatic heterocycles. The van der Waals surface area contributed by atoms with Crippen molar-refractivity contribution in [3.63, 3.8) is 0 Å². The monoisotopic (exact) mass is 227 g/mol. The van der Waals surface area contributed by atoms with E-state index in [0.29, 0.717) is 0 Å². The molecule has 0 radical (unpaired) electrons. The van der Waals surface area contributed by atoms with Gasteiger partial charge in [-0.15, -0.1) is 0 Å². The van der Waals surface area contributed by atoms with Crippen LogP contribution in [0, 0.1) is 0 Å². The predicted molar refractivity (Wildman–Crippen MR) is 64.9 cm³/mol. The number of phenols is 2. The second-order valence-electron chi connectivity index (χ2n) is 4.29. The maximum absolute atomic E-state index is 9.54. The SMILES string of the molecule is Oc1ccc(C2NCc3ccc(O)cc32)cc1. The lowest BCUT2D eigenvalue weighted by atomic mass is 9.98. The summed E-state index contributed by atoms with van der Waals surface area (Å²) >= 11 is 0. The first-order valence-corrected chi connectivity index (χ1v) is 5.58. The Morgan fingerprint density at radius 2 is 1.65 bits per heavy atom. The van der Waals surface area contributed by atoms with Crippen molar-refractivity contribution in [1.82, 2.24) is 5.32 Å². The minimum atomic E-state index is 0.0951. The molecule has 86 valence electrons. The summed E-state index contributed by atoms with van der Waals surface area (Å²) in [5.41, 5.74) is 3.41. The summed E-state index contributed by atoms with van der Waals surface area (Å²) in [6.45, 7) is 0.807. The third kappa shape index (κ3) is 1.74. The molecule has 3 rings (SSSR count). The van der Waals surface area contributed by atoms with Gasteiger partial charge in [0.2, 0.25) is 0 Å². The maximum atomic E-state index is 9.54. The number of rotatable bonds is 1. The Morgan fingerprint density at radius 3 is 2.41 bits per heavy atom. The van der Waals surface area contributed by atoms with E-state index in [1.807, 2.05) is 18.2 Å². The van der Waals surface area contributed by atoms with Crippen LogP contribution in [0.5, 0.6) is 11.5 Å². The summed E-state index contributed by atoms with van der Waals surface area (Å²) in [7, 11) is 0. The molecular formula is C14H13NO2. The molecule has 3 N–H and O–H groups in total. The molecule has 2 aromatic carbocycles. The van der Waals surface area contributed by atoms with Gasteiger partial charge in [-0.25, -0.2) is 0 Å². The number of nitrogens with one attached hydrogen (secondary N) is 1. The van der Waals surface area contributed by atoms with E-state index in [1.54, 1.807) is 24.3 Å². The Hall–Kier alpha value is -2.00. The van der Waals surface area contributed by atoms with Crippen molar-refractivity contribution >= 4 is 0 Å². The first kappa shape index (κ1) is 10.2. The lowest BCUT2D eigenvalue weighted by Crippen LogP contribution is -2.12. The Bertz CT molecular complexity index is 549. The largest absolute Gasteiger partial charge is 0.508 e. The number of aromatic hydroxyl groups is 2. The van der Waals surface area contributed by atoms with Crippen molar-refractivity contribution in [2.45, 2.75) is 12.6 Å². The van der Waals surface area contributed by atoms with Crippen LogP contribution < -0.4 is 5.32 Å². The van der Waals surface area contributed by atoms with Crippen LogP contribution in [-0.4, -0.2) is 10.2 Å². The first-order valence-electron chi connectivity index (χ1n) is 5.58. The molecule has 3 nitrogen and oxygen atoms in total. The first-order chi connectivity index (χ1) is 8.24. The standard InChI is InChI=1S/C14H13NO2/c16-11-4-1-9(2-5-11)14-13-7-12(17)6-3-10(13)8-15-14/h1-7,14-17H,8H2. The van der Waals surface area contributed by atoms with Crippen molar-refractivity contribution in [1.29, 1.82) is 0 Å². The maximum Gasteiger partial charge on any atom is 0.115 e. The van der Waals surface area contributed by atoms with E-state index in [-0.39, 0.29) is 17.5 Å². The van der Waals surface area contributed by atoms with E-state index in [9.17, 15) is 10.2 Å². The molecule has 1 heterocycles. The molecule has 2 aromatic rings. The zero-order valence-corrected chi connectivity index (χ0v) is 9.22. The Morgan fingerprint density at radius 1 is 0.941 bits per heavy atom. The molecule has 0 bridgehead atoms. The van der Waals surface area contributed by atoms with Crippen molar-refractivity contribution in [2.75, 3.05) is 0 Å². The van der Waals surface area contributed by atoms with Gasteiger partial charge in [0.1, 0.15) is 11.5 Å². The summed E-state index contributed by atoms with van der Waals surface area (Å²) in [6.07, 6.45) is 0. The summed E-state index contributed by atoms with van der Waals surface area (Å²) in [4.78, 5) is 0. The van der Waals surface area contributed by atoms with Crippen LogP contribution in [0.3, 0.4) is 0 Å². The molecule has 1 unspecified atom stereocenters. The molecule has 1 aliphatic rings. The number of phenolic OH excluding ortho intramolecular Hbond substituents is 2. The van der Waals surface area contributed by atoms with Gasteiger partial charge < -0.3 is 15.5 Å². The average molecular weight is 227 g/mol. The highest BCUT2D eigenvalue weighted by Crippen LogP contribution is 2.33. The highest BCUT2D eigenvalue weighted by Gasteiger charge is 2.23. The topological polar surface area (TPSA) is 52.5 Å². The zero-order valence-electron chi connectivity index (χ0n) is 9.22. The van der Waals surface area contributed by atoms with Gasteiger partial charge in [0.25, 0.3) is 0 Å². The lowest BCUT2D eigenvalue weighted by molar-refractivity contribution is 0.473. The molecule has 3 heteroatoms. The number of fused-ring (bicyclic) bond motifs is 1. The van der Waals surface area contributed by atoms with Gasteiger partial charge >= 0.3 is 0 Å². The molecule has 0 aromatic heterocycles. The van der Waals surface area contributed by atoms with Gasteiger partial charge in [0.05, 0.1) is 6.04 Å². The molecule has 17 heavy (non-hydrogen) atoms. The summed E-state index contributed by atoms with van der Waals surface area (Å²) in [6, 6.07) is 12.7. The normalized spacial score (nSPS) is 18.0. The summed E-state index contributed by atoms with van der Waals surface area (Å²) < 4.78 is 0. The zero-order chi connectivity index (χ0) is 11.8. The fourth-order valence-corrected chi connectivity index (χ4v) is 2.30. The van der Waals surface area contributed by atoms with Crippen LogP contribution in [-0.2, 0) is 6.54 Å². The van der Waals surface area contributed by atoms with Gasteiger partial charge in [0, 0.05) is 6.54 Å². The molecule has 0 aliphatic carbocycles. The molecule has 0 amide bonds. The van der Waals surface area contributed by atoms with Crippen LogP contribution in [0.25, 0.3) is 0 Å². The van der Waals surface area contributed by atoms with Crippen LogP contribution >= 0.6 is 0 Å². The van der Waals surface area contributed by atoms with E-state index in [0.717, 1.165) is 17.7 Å². The number of hydrogen-bond donors (Lipinski definition) is 3. The third-order valence-corrected chi connectivity index (χ3v) is 3.16. The van der Waals surface area contributed by atoms with E-state index in [2.05, 4.69) is 5.32 Å². The third-order valence-electron chi connectivity index (χ3n) is 3.16. The van der Waals surface area contributed by atoms with Crippen LogP contribution in [0.2, 0.25) is 0 Å². The van der Waals surface area contributed by atoms with Crippen LogP contribution in [0.4, 0.5) is 0 Å². The highest BCUT2D eigenvalue weighted by molar-refractivity contribution is 5.45. The van der Waals surface area contributed by atoms with Gasteiger partial charge in [-0.05, 0) is 41.0 Å². The molecule has 0 saturated heterocycles. The van der Waals surface area contributed by atoms with E-state index < -0.39 is 0 Å². The van der Waals surface area contributed by atoms with Gasteiger partial charge in [-0.3, -0.25) is 0 Å². The fourth-order valence-electron chi connectivity index (χ4n) is 2.30. The van der Waals surface area contributed by atoms with Crippen LogP contribution in [0.1, 0.15) is 22.7 Å². The molecule has 0 fully saturated rings. The van der Waals surface area contributed by atoms with Gasteiger partial charge in [-0.1, -0.05) is 18.2 Å². The lowest BCUT2D eigenvalue weighted by Gasteiger charge is -2.12. The van der Waals surface area contributed by atoms with Gasteiger partial charge in [0.15, 0.2) is 0 Å².